The van der Waals surface area contributed by atoms with E-state index in [0.29, 0.717) is 34.0 Å². The van der Waals surface area contributed by atoms with Gasteiger partial charge in [0, 0.05) is 43.3 Å². The van der Waals surface area contributed by atoms with Crippen molar-refractivity contribution in [3.05, 3.63) is 93.6 Å². The van der Waals surface area contributed by atoms with E-state index in [1.165, 1.54) is 9.08 Å². The highest BCUT2D eigenvalue weighted by Gasteiger charge is 2.27. The summed E-state index contributed by atoms with van der Waals surface area (Å²) in [6.45, 7) is 3.66. The van der Waals surface area contributed by atoms with Crippen molar-refractivity contribution in [3.8, 4) is 22.4 Å². The van der Waals surface area contributed by atoms with Gasteiger partial charge in [-0.15, -0.1) is 9.38 Å². The quantitative estimate of drug-likeness (QED) is 0.319. The van der Waals surface area contributed by atoms with Gasteiger partial charge in [-0.2, -0.15) is 19.6 Å². The molecule has 0 bridgehead atoms. The van der Waals surface area contributed by atoms with Crippen LogP contribution in [0.4, 0.5) is 5.95 Å². The lowest BCUT2D eigenvalue weighted by Crippen LogP contribution is -2.44. The number of benzene rings is 1. The molecule has 3 N–H and O–H groups in total. The first-order valence-corrected chi connectivity index (χ1v) is 10.3. The van der Waals surface area contributed by atoms with Crippen molar-refractivity contribution in [1.82, 2.24) is 25.0 Å². The third-order valence-electron chi connectivity index (χ3n) is 5.47. The van der Waals surface area contributed by atoms with Gasteiger partial charge in [-0.25, -0.2) is 9.89 Å². The number of nitrogen functional groups attached to an aromatic ring is 1. The summed E-state index contributed by atoms with van der Waals surface area (Å²) in [7, 11) is 0. The van der Waals surface area contributed by atoms with Crippen molar-refractivity contribution in [2.45, 2.75) is 20.4 Å². The molecular weight excluding hydrogens is 420 g/mol. The highest BCUT2D eigenvalue weighted by Crippen LogP contribution is 2.33. The van der Waals surface area contributed by atoms with Crippen LogP contribution in [0.3, 0.4) is 0 Å². The summed E-state index contributed by atoms with van der Waals surface area (Å²) in [5.74, 6) is 0.0509. The number of aryl methyl sites for hydroxylation is 2. The Labute approximate surface area is 188 Å². The number of anilines is 1. The molecule has 0 aliphatic rings. The van der Waals surface area contributed by atoms with Crippen molar-refractivity contribution >= 4 is 11.6 Å². The van der Waals surface area contributed by atoms with Gasteiger partial charge in [0.25, 0.3) is 0 Å². The Hall–Kier alpha value is -4.60. The van der Waals surface area contributed by atoms with Crippen LogP contribution in [0.15, 0.2) is 65.6 Å². The molecule has 0 unspecified atom stereocenters. The van der Waals surface area contributed by atoms with Crippen LogP contribution in [-0.4, -0.2) is 25.0 Å². The van der Waals surface area contributed by atoms with Crippen LogP contribution in [0, 0.1) is 19.1 Å². The second kappa shape index (κ2) is 7.83. The molecule has 1 aromatic carbocycles. The van der Waals surface area contributed by atoms with Crippen LogP contribution in [0.5, 0.6) is 0 Å². The van der Waals surface area contributed by atoms with E-state index in [1.54, 1.807) is 44.3 Å². The minimum absolute atomic E-state index is 0.0509. The maximum absolute atomic E-state index is 13.2. The molecule has 5 aromatic rings. The Morgan fingerprint density at radius 1 is 1.06 bits per heavy atom. The van der Waals surface area contributed by atoms with E-state index >= 15 is 0 Å². The zero-order chi connectivity index (χ0) is 23.1. The lowest BCUT2D eigenvalue weighted by molar-refractivity contribution is -0.619. The molecule has 0 fully saturated rings. The first kappa shape index (κ1) is 20.3. The molecular formula is C23H21N8O2+. The monoisotopic (exact) mass is 441 g/mol. The third kappa shape index (κ3) is 3.47. The van der Waals surface area contributed by atoms with Gasteiger partial charge in [-0.05, 0) is 12.1 Å². The Morgan fingerprint density at radius 2 is 1.79 bits per heavy atom. The summed E-state index contributed by atoms with van der Waals surface area (Å²) >= 11 is 0. The number of nitrogens with two attached hydrogens (primary N) is 1. The molecule has 10 nitrogen and oxygen atoms in total. The first-order valence-electron chi connectivity index (χ1n) is 10.3. The average molecular weight is 441 g/mol. The summed E-state index contributed by atoms with van der Waals surface area (Å²) in [4.78, 5) is 17.9. The molecule has 0 aliphatic carbocycles. The van der Waals surface area contributed by atoms with E-state index in [2.05, 4.69) is 20.3 Å². The largest absolute Gasteiger partial charge is 0.618 e. The number of aromatic amines is 1. The average Bonchev–Trinajstić information content (AvgIpc) is 3.14. The topological polar surface area (TPSA) is 134 Å². The maximum atomic E-state index is 13.2. The van der Waals surface area contributed by atoms with Crippen LogP contribution < -0.4 is 20.6 Å². The van der Waals surface area contributed by atoms with E-state index in [0.717, 1.165) is 15.9 Å². The van der Waals surface area contributed by atoms with Crippen molar-refractivity contribution < 1.29 is 9.13 Å². The van der Waals surface area contributed by atoms with Gasteiger partial charge in [0.2, 0.25) is 5.65 Å². The number of fused-ring (bicyclic) bond motifs is 1. The van der Waals surface area contributed by atoms with E-state index < -0.39 is 0 Å². The minimum Gasteiger partial charge on any atom is -0.618 e. The predicted molar refractivity (Wildman–Crippen MR) is 121 cm³/mol. The number of hydrogen-bond acceptors (Lipinski definition) is 6. The molecule has 164 valence electrons. The summed E-state index contributed by atoms with van der Waals surface area (Å²) in [6, 6.07) is 16.7. The smallest absolute Gasteiger partial charge is 0.428 e. The molecule has 0 saturated heterocycles. The normalized spacial score (nSPS) is 11.2. The molecule has 4 heterocycles. The molecule has 33 heavy (non-hydrogen) atoms. The van der Waals surface area contributed by atoms with Crippen molar-refractivity contribution in [2.75, 3.05) is 5.73 Å². The van der Waals surface area contributed by atoms with E-state index in [9.17, 15) is 10.0 Å². The zero-order valence-electron chi connectivity index (χ0n) is 18.1. The number of H-pyrrole nitrogens is 1. The Kier molecular flexibility index (Phi) is 4.82. The van der Waals surface area contributed by atoms with E-state index in [1.807, 2.05) is 30.3 Å². The van der Waals surface area contributed by atoms with E-state index in [4.69, 9.17) is 5.73 Å². The van der Waals surface area contributed by atoms with Gasteiger partial charge in [0.05, 0.1) is 11.3 Å². The number of nitrogens with one attached hydrogen (secondary N) is 1. The molecule has 5 rings (SSSR count). The molecule has 0 radical (unpaired) electrons. The highest BCUT2D eigenvalue weighted by molar-refractivity contribution is 5.88. The standard InChI is InChI=1S/C23H20N8O2/c1-14-11-17(12-15(2)31(14)33)19-20(16-7-4-3-5-8-16)26-22(24)30-21(19)28-29(23(30)32)13-18-9-6-10-25-27-18/h3-12H,13H2,1-2H3,(H2,24,26,28)/p+1. The van der Waals surface area contributed by atoms with Crippen LogP contribution in [0.2, 0.25) is 0 Å². The fourth-order valence-electron chi connectivity index (χ4n) is 3.95. The molecule has 4 aromatic heterocycles. The number of hydrogen-bond donors (Lipinski definition) is 2. The van der Waals surface area contributed by atoms with Gasteiger partial charge in [-0.3, -0.25) is 0 Å². The van der Waals surface area contributed by atoms with Gasteiger partial charge < -0.3 is 10.9 Å². The van der Waals surface area contributed by atoms with Crippen LogP contribution in [0.1, 0.15) is 17.1 Å². The fourth-order valence-corrected chi connectivity index (χ4v) is 3.95. The Balaban J connectivity index is 1.84. The predicted octanol–water partition coefficient (Wildman–Crippen LogP) is 1.31. The first-order chi connectivity index (χ1) is 15.9. The highest BCUT2D eigenvalue weighted by atomic mass is 16.5. The Morgan fingerprint density at radius 3 is 2.45 bits per heavy atom. The third-order valence-corrected chi connectivity index (χ3v) is 5.47. The number of aromatic nitrogens is 7. The molecule has 0 aliphatic heterocycles. The SMILES string of the molecule is Cc1cc(-c2c(-c3ccccc3)nc(N)[n+]3c(=O)n(Cc4cccnn4)[nH]c23)cc(C)[n+]1[O-]. The maximum Gasteiger partial charge on any atom is 0.428 e. The summed E-state index contributed by atoms with van der Waals surface area (Å²) in [5, 5.41) is 23.4. The van der Waals surface area contributed by atoms with Crippen molar-refractivity contribution in [1.29, 1.82) is 0 Å². The van der Waals surface area contributed by atoms with E-state index in [-0.39, 0.29) is 18.2 Å². The zero-order valence-corrected chi connectivity index (χ0v) is 18.1. The van der Waals surface area contributed by atoms with Crippen LogP contribution in [0.25, 0.3) is 28.0 Å². The van der Waals surface area contributed by atoms with Crippen molar-refractivity contribution in [3.63, 3.8) is 0 Å². The second-order valence-electron chi connectivity index (χ2n) is 7.76. The van der Waals surface area contributed by atoms with Crippen molar-refractivity contribution in [2.24, 2.45) is 0 Å². The summed E-state index contributed by atoms with van der Waals surface area (Å²) in [5.41, 5.74) is 10.9. The molecule has 0 saturated carbocycles. The van der Waals surface area contributed by atoms with Crippen LogP contribution >= 0.6 is 0 Å². The molecule has 10 heteroatoms. The summed E-state index contributed by atoms with van der Waals surface area (Å²) < 4.78 is 3.61. The lowest BCUT2D eigenvalue weighted by atomic mass is 9.99. The lowest BCUT2D eigenvalue weighted by Gasteiger charge is -2.11. The second-order valence-corrected chi connectivity index (χ2v) is 7.76. The van der Waals surface area contributed by atoms with Gasteiger partial charge in [0.15, 0.2) is 11.4 Å². The number of rotatable bonds is 4. The van der Waals surface area contributed by atoms with Gasteiger partial charge in [-0.1, -0.05) is 30.3 Å². The summed E-state index contributed by atoms with van der Waals surface area (Å²) in [6.07, 6.45) is 1.57. The minimum atomic E-state index is -0.384. The van der Waals surface area contributed by atoms with Gasteiger partial charge in [0.1, 0.15) is 12.2 Å². The van der Waals surface area contributed by atoms with Crippen LogP contribution in [-0.2, 0) is 6.54 Å². The molecule has 0 spiro atoms. The fraction of sp³-hybridized carbons (Fsp3) is 0.130. The molecule has 0 atom stereocenters. The number of pyridine rings is 1. The van der Waals surface area contributed by atoms with Gasteiger partial charge >= 0.3 is 11.6 Å². The Bertz CT molecular complexity index is 1520. The molecule has 0 amide bonds. The number of nitrogens with zero attached hydrogens (tertiary/aromatic N) is 6.